The number of hydrogen-bond donors (Lipinski definition) is 2. The Balaban J connectivity index is 1.93. The highest BCUT2D eigenvalue weighted by Gasteiger charge is 2.16. The van der Waals surface area contributed by atoms with Crippen LogP contribution in [0.1, 0.15) is 13.3 Å². The van der Waals surface area contributed by atoms with E-state index in [0.717, 1.165) is 6.42 Å². The van der Waals surface area contributed by atoms with Crippen molar-refractivity contribution in [1.29, 1.82) is 0 Å². The van der Waals surface area contributed by atoms with E-state index in [4.69, 9.17) is 5.11 Å². The summed E-state index contributed by atoms with van der Waals surface area (Å²) in [6.45, 7) is 3.08. The van der Waals surface area contributed by atoms with Crippen LogP contribution >= 0.6 is 0 Å². The molecule has 0 aromatic carbocycles. The van der Waals surface area contributed by atoms with Gasteiger partial charge in [-0.1, -0.05) is 11.6 Å². The molecule has 102 valence electrons. The molecule has 0 saturated carbocycles. The summed E-state index contributed by atoms with van der Waals surface area (Å²) in [5.74, 6) is -0.974. The van der Waals surface area contributed by atoms with Gasteiger partial charge in [-0.15, -0.1) is 0 Å². The second kappa shape index (κ2) is 5.55. The maximum Gasteiger partial charge on any atom is 0.325 e. The van der Waals surface area contributed by atoms with Crippen molar-refractivity contribution in [3.05, 3.63) is 24.0 Å². The normalized spacial score (nSPS) is 15.0. The van der Waals surface area contributed by atoms with E-state index in [1.54, 1.807) is 4.90 Å². The summed E-state index contributed by atoms with van der Waals surface area (Å²) in [5, 5.41) is 15.2. The lowest BCUT2D eigenvalue weighted by Crippen LogP contribution is -2.38. The zero-order valence-electron chi connectivity index (χ0n) is 10.7. The lowest BCUT2D eigenvalue weighted by molar-refractivity contribution is -0.137. The number of hydrogen-bond acceptors (Lipinski definition) is 3. The number of carbonyl (C=O) groups is 2. The molecule has 7 nitrogen and oxygen atoms in total. The minimum absolute atomic E-state index is 0.192. The highest BCUT2D eigenvalue weighted by molar-refractivity contribution is 5.89. The molecular weight excluding hydrogens is 248 g/mol. The fourth-order valence-corrected chi connectivity index (χ4v) is 1.94. The van der Waals surface area contributed by atoms with Crippen molar-refractivity contribution in [2.75, 3.05) is 18.4 Å². The van der Waals surface area contributed by atoms with Gasteiger partial charge in [0.1, 0.15) is 6.54 Å². The molecule has 0 unspecified atom stereocenters. The Kier molecular flexibility index (Phi) is 3.84. The van der Waals surface area contributed by atoms with Gasteiger partial charge in [0.2, 0.25) is 0 Å². The van der Waals surface area contributed by atoms with Gasteiger partial charge in [0.05, 0.1) is 11.9 Å². The van der Waals surface area contributed by atoms with Crippen molar-refractivity contribution in [3.8, 4) is 0 Å². The van der Waals surface area contributed by atoms with Crippen LogP contribution in [-0.4, -0.2) is 44.9 Å². The Morgan fingerprint density at radius 3 is 3.00 bits per heavy atom. The molecule has 0 radical (unpaired) electrons. The Hall–Kier alpha value is -2.31. The van der Waals surface area contributed by atoms with Crippen LogP contribution in [0.3, 0.4) is 0 Å². The number of anilines is 1. The quantitative estimate of drug-likeness (QED) is 0.802. The molecule has 1 aliphatic heterocycles. The number of aliphatic carboxylic acids is 1. The smallest absolute Gasteiger partial charge is 0.325 e. The number of amides is 2. The topological polar surface area (TPSA) is 87.5 Å². The third kappa shape index (κ3) is 3.57. The van der Waals surface area contributed by atoms with E-state index >= 15 is 0 Å². The van der Waals surface area contributed by atoms with Gasteiger partial charge in [0.25, 0.3) is 0 Å². The van der Waals surface area contributed by atoms with Crippen molar-refractivity contribution < 1.29 is 14.7 Å². The van der Waals surface area contributed by atoms with Gasteiger partial charge in [-0.25, -0.2) is 4.79 Å². The Labute approximate surface area is 110 Å². The van der Waals surface area contributed by atoms with Crippen molar-refractivity contribution in [2.45, 2.75) is 19.9 Å². The molecule has 0 saturated heterocycles. The van der Waals surface area contributed by atoms with E-state index in [9.17, 15) is 9.59 Å². The van der Waals surface area contributed by atoms with Crippen molar-refractivity contribution in [1.82, 2.24) is 14.7 Å². The molecule has 0 aliphatic carbocycles. The van der Waals surface area contributed by atoms with E-state index in [0.29, 0.717) is 18.8 Å². The number of carbonyl (C=O) groups excluding carboxylic acids is 1. The first-order valence-electron chi connectivity index (χ1n) is 6.00. The fourth-order valence-electron chi connectivity index (χ4n) is 1.94. The molecule has 2 heterocycles. The van der Waals surface area contributed by atoms with Gasteiger partial charge in [-0.3, -0.25) is 9.48 Å². The minimum atomic E-state index is -0.974. The van der Waals surface area contributed by atoms with E-state index in [1.807, 2.05) is 6.92 Å². The summed E-state index contributed by atoms with van der Waals surface area (Å²) in [7, 11) is 0. The Morgan fingerprint density at radius 2 is 2.32 bits per heavy atom. The summed E-state index contributed by atoms with van der Waals surface area (Å²) in [4.78, 5) is 24.2. The van der Waals surface area contributed by atoms with Crippen LogP contribution in [0.25, 0.3) is 0 Å². The third-order valence-corrected chi connectivity index (χ3v) is 2.80. The molecular formula is C12H16N4O3. The van der Waals surface area contributed by atoms with Gasteiger partial charge >= 0.3 is 12.0 Å². The average molecular weight is 264 g/mol. The monoisotopic (exact) mass is 264 g/mol. The SMILES string of the molecule is CC1=CCCN(C(=O)Nc2cnn(CC(=O)O)c2)C1. The van der Waals surface area contributed by atoms with Crippen LogP contribution in [0.4, 0.5) is 10.5 Å². The van der Waals surface area contributed by atoms with Crippen LogP contribution in [0.15, 0.2) is 24.0 Å². The lowest BCUT2D eigenvalue weighted by atomic mass is 10.1. The molecule has 0 spiro atoms. The molecule has 0 fully saturated rings. The molecule has 0 bridgehead atoms. The van der Waals surface area contributed by atoms with Crippen molar-refractivity contribution >= 4 is 17.7 Å². The molecule has 2 rings (SSSR count). The fraction of sp³-hybridized carbons (Fsp3) is 0.417. The van der Waals surface area contributed by atoms with Crippen molar-refractivity contribution in [3.63, 3.8) is 0 Å². The van der Waals surface area contributed by atoms with Crippen LogP contribution in [0, 0.1) is 0 Å². The first kappa shape index (κ1) is 13.1. The first-order chi connectivity index (χ1) is 9.04. The first-order valence-corrected chi connectivity index (χ1v) is 6.00. The van der Waals surface area contributed by atoms with Crippen LogP contribution in [0.5, 0.6) is 0 Å². The van der Waals surface area contributed by atoms with Gasteiger partial charge in [0, 0.05) is 19.3 Å². The van der Waals surface area contributed by atoms with Gasteiger partial charge in [-0.2, -0.15) is 5.10 Å². The summed E-state index contributed by atoms with van der Waals surface area (Å²) in [6, 6.07) is -0.192. The number of aromatic nitrogens is 2. The van der Waals surface area contributed by atoms with Gasteiger partial charge in [0.15, 0.2) is 0 Å². The summed E-state index contributed by atoms with van der Waals surface area (Å²) in [6.07, 6.45) is 5.92. The highest BCUT2D eigenvalue weighted by atomic mass is 16.4. The summed E-state index contributed by atoms with van der Waals surface area (Å²) in [5.41, 5.74) is 1.67. The number of carboxylic acids is 1. The maximum atomic E-state index is 12.0. The second-order valence-corrected chi connectivity index (χ2v) is 4.51. The van der Waals surface area contributed by atoms with E-state index < -0.39 is 5.97 Å². The molecule has 19 heavy (non-hydrogen) atoms. The zero-order chi connectivity index (χ0) is 13.8. The molecule has 2 amide bonds. The predicted octanol–water partition coefficient (Wildman–Crippen LogP) is 1.15. The third-order valence-electron chi connectivity index (χ3n) is 2.80. The van der Waals surface area contributed by atoms with E-state index in [2.05, 4.69) is 16.5 Å². The number of nitrogens with zero attached hydrogens (tertiary/aromatic N) is 3. The number of rotatable bonds is 3. The molecule has 1 aromatic heterocycles. The zero-order valence-corrected chi connectivity index (χ0v) is 10.7. The van der Waals surface area contributed by atoms with Crippen LogP contribution < -0.4 is 5.32 Å². The molecule has 0 atom stereocenters. The minimum Gasteiger partial charge on any atom is -0.480 e. The highest BCUT2D eigenvalue weighted by Crippen LogP contribution is 2.12. The predicted molar refractivity (Wildman–Crippen MR) is 68.8 cm³/mol. The van der Waals surface area contributed by atoms with Gasteiger partial charge < -0.3 is 15.3 Å². The standard InChI is InChI=1S/C12H16N4O3/c1-9-3-2-4-15(6-9)12(19)14-10-5-13-16(7-10)8-11(17)18/h3,5,7H,2,4,6,8H2,1H3,(H,14,19)(H,17,18). The van der Waals surface area contributed by atoms with Gasteiger partial charge in [-0.05, 0) is 13.3 Å². The van der Waals surface area contributed by atoms with E-state index in [1.165, 1.54) is 22.6 Å². The number of urea groups is 1. The Morgan fingerprint density at radius 1 is 1.53 bits per heavy atom. The van der Waals surface area contributed by atoms with Crippen molar-refractivity contribution in [2.24, 2.45) is 0 Å². The number of nitrogens with one attached hydrogen (secondary N) is 1. The summed E-state index contributed by atoms with van der Waals surface area (Å²) < 4.78 is 1.26. The molecule has 1 aromatic rings. The van der Waals surface area contributed by atoms with E-state index in [-0.39, 0.29) is 12.6 Å². The average Bonchev–Trinajstić information content (AvgIpc) is 2.75. The maximum absolute atomic E-state index is 12.0. The van der Waals surface area contributed by atoms with Crippen LogP contribution in [0.2, 0.25) is 0 Å². The molecule has 1 aliphatic rings. The number of carboxylic acid groups (broad SMARTS) is 1. The van der Waals surface area contributed by atoms with Crippen LogP contribution in [-0.2, 0) is 11.3 Å². The molecule has 7 heteroatoms. The lowest BCUT2D eigenvalue weighted by Gasteiger charge is -2.26. The second-order valence-electron chi connectivity index (χ2n) is 4.51. The largest absolute Gasteiger partial charge is 0.480 e. The molecule has 2 N–H and O–H groups in total. The summed E-state index contributed by atoms with van der Waals surface area (Å²) >= 11 is 0. The Bertz CT molecular complexity index is 521.